The zero-order valence-corrected chi connectivity index (χ0v) is 21.1. The van der Waals surface area contributed by atoms with Crippen molar-refractivity contribution in [3.8, 4) is 11.5 Å². The van der Waals surface area contributed by atoms with Gasteiger partial charge in [-0.05, 0) is 42.8 Å². The number of halogens is 1. The van der Waals surface area contributed by atoms with Crippen LogP contribution in [-0.4, -0.2) is 55.2 Å². The van der Waals surface area contributed by atoms with Crippen LogP contribution in [0.15, 0.2) is 72.8 Å². The van der Waals surface area contributed by atoms with Gasteiger partial charge in [-0.15, -0.1) is 0 Å². The van der Waals surface area contributed by atoms with Gasteiger partial charge in [0.1, 0.15) is 10.8 Å². The molecule has 4 rings (SSSR count). The molecule has 0 unspecified atom stereocenters. The van der Waals surface area contributed by atoms with Gasteiger partial charge in [0.2, 0.25) is 0 Å². The van der Waals surface area contributed by atoms with Gasteiger partial charge in [0.15, 0.2) is 18.1 Å². The van der Waals surface area contributed by atoms with E-state index in [1.165, 1.54) is 6.07 Å². The molecule has 3 aromatic rings. The average molecular weight is 508 g/mol. The summed E-state index contributed by atoms with van der Waals surface area (Å²) in [4.78, 5) is 17.1. The molecule has 1 fully saturated rings. The maximum Gasteiger partial charge on any atom is 0.258 e. The van der Waals surface area contributed by atoms with Gasteiger partial charge in [-0.3, -0.25) is 4.79 Å². The van der Waals surface area contributed by atoms with Crippen molar-refractivity contribution in [1.29, 1.82) is 0 Å². The van der Waals surface area contributed by atoms with Gasteiger partial charge in [-0.25, -0.2) is 4.39 Å². The van der Waals surface area contributed by atoms with E-state index in [-0.39, 0.29) is 18.3 Å². The first kappa shape index (κ1) is 25.4. The summed E-state index contributed by atoms with van der Waals surface area (Å²) >= 11 is 5.77. The number of anilines is 1. The minimum atomic E-state index is -0.214. The lowest BCUT2D eigenvalue weighted by atomic mass is 10.1. The number of piperazine rings is 1. The molecule has 8 heteroatoms. The second kappa shape index (κ2) is 12.4. The molecule has 0 aliphatic carbocycles. The summed E-state index contributed by atoms with van der Waals surface area (Å²) in [5.41, 5.74) is 2.48. The van der Waals surface area contributed by atoms with Crippen LogP contribution in [0.3, 0.4) is 0 Å². The Morgan fingerprint density at radius 2 is 1.67 bits per heavy atom. The predicted molar refractivity (Wildman–Crippen MR) is 143 cm³/mol. The highest BCUT2D eigenvalue weighted by Crippen LogP contribution is 2.30. The number of hydrogen-bond acceptors (Lipinski definition) is 5. The fourth-order valence-electron chi connectivity index (χ4n) is 4.06. The predicted octanol–water partition coefficient (Wildman–Crippen LogP) is 4.42. The Kier molecular flexibility index (Phi) is 8.73. The van der Waals surface area contributed by atoms with Gasteiger partial charge in [0.25, 0.3) is 5.91 Å². The molecule has 1 amide bonds. The lowest BCUT2D eigenvalue weighted by molar-refractivity contribution is -0.123. The smallest absolute Gasteiger partial charge is 0.258 e. The number of carbonyl (C=O) groups is 1. The first-order chi connectivity index (χ1) is 17.5. The van der Waals surface area contributed by atoms with Crippen molar-refractivity contribution in [3.05, 3.63) is 89.7 Å². The number of rotatable bonds is 9. The number of nitrogens with one attached hydrogen (secondary N) is 1. The van der Waals surface area contributed by atoms with Gasteiger partial charge >= 0.3 is 0 Å². The molecule has 0 radical (unpaired) electrons. The highest BCUT2D eigenvalue weighted by molar-refractivity contribution is 7.80. The van der Waals surface area contributed by atoms with Crippen LogP contribution in [0, 0.1) is 5.82 Å². The van der Waals surface area contributed by atoms with E-state index < -0.39 is 0 Å². The van der Waals surface area contributed by atoms with Crippen LogP contribution in [0.1, 0.15) is 18.1 Å². The summed E-state index contributed by atoms with van der Waals surface area (Å²) in [6, 6.07) is 22.1. The molecule has 1 aliphatic rings. The Morgan fingerprint density at radius 3 is 2.39 bits per heavy atom. The van der Waals surface area contributed by atoms with Crippen LogP contribution in [0.4, 0.5) is 10.1 Å². The van der Waals surface area contributed by atoms with E-state index in [0.717, 1.165) is 11.1 Å². The van der Waals surface area contributed by atoms with E-state index in [1.54, 1.807) is 18.2 Å². The minimum Gasteiger partial charge on any atom is -0.490 e. The van der Waals surface area contributed by atoms with Crippen molar-refractivity contribution in [2.24, 2.45) is 0 Å². The third kappa shape index (κ3) is 6.51. The molecule has 36 heavy (non-hydrogen) atoms. The quantitative estimate of drug-likeness (QED) is 0.433. The number of carbonyl (C=O) groups excluding carboxylic acids is 1. The number of thiocarbonyl (C=S) groups is 1. The van der Waals surface area contributed by atoms with Gasteiger partial charge < -0.3 is 24.6 Å². The molecule has 0 aromatic heterocycles. The largest absolute Gasteiger partial charge is 0.490 e. The van der Waals surface area contributed by atoms with E-state index in [2.05, 4.69) is 10.2 Å². The second-order valence-electron chi connectivity index (χ2n) is 8.38. The molecule has 6 nitrogen and oxygen atoms in total. The van der Waals surface area contributed by atoms with E-state index in [9.17, 15) is 9.18 Å². The normalized spacial score (nSPS) is 13.3. The van der Waals surface area contributed by atoms with Crippen molar-refractivity contribution >= 4 is 28.8 Å². The van der Waals surface area contributed by atoms with Gasteiger partial charge in [-0.1, -0.05) is 54.7 Å². The molecule has 1 N–H and O–H groups in total. The number of nitrogens with zero attached hydrogens (tertiary/aromatic N) is 2. The molecule has 1 aliphatic heterocycles. The Bertz CT molecular complexity index is 1180. The molecule has 0 bridgehead atoms. The number of benzene rings is 3. The van der Waals surface area contributed by atoms with E-state index in [0.29, 0.717) is 61.5 Å². The van der Waals surface area contributed by atoms with Crippen LogP contribution in [0.25, 0.3) is 0 Å². The van der Waals surface area contributed by atoms with E-state index >= 15 is 0 Å². The summed E-state index contributed by atoms with van der Waals surface area (Å²) in [7, 11) is 0. The van der Waals surface area contributed by atoms with Crippen molar-refractivity contribution in [2.75, 3.05) is 44.3 Å². The molecule has 0 saturated carbocycles. The highest BCUT2D eigenvalue weighted by Gasteiger charge is 2.22. The zero-order valence-electron chi connectivity index (χ0n) is 20.3. The fourth-order valence-corrected chi connectivity index (χ4v) is 4.37. The van der Waals surface area contributed by atoms with Crippen LogP contribution < -0.4 is 19.7 Å². The van der Waals surface area contributed by atoms with Crippen molar-refractivity contribution in [2.45, 2.75) is 13.5 Å². The molecule has 0 atom stereocenters. The van der Waals surface area contributed by atoms with Crippen molar-refractivity contribution in [1.82, 2.24) is 10.2 Å². The second-order valence-corrected chi connectivity index (χ2v) is 8.76. The molecule has 0 spiro atoms. The number of hydrogen-bond donors (Lipinski definition) is 1. The first-order valence-electron chi connectivity index (χ1n) is 12.0. The Balaban J connectivity index is 1.34. The first-order valence-corrected chi connectivity index (χ1v) is 12.4. The molecule has 188 valence electrons. The third-order valence-electron chi connectivity index (χ3n) is 5.94. The Morgan fingerprint density at radius 1 is 0.944 bits per heavy atom. The fraction of sp³-hybridized carbons (Fsp3) is 0.286. The van der Waals surface area contributed by atoms with Crippen LogP contribution in [0.2, 0.25) is 0 Å². The lowest BCUT2D eigenvalue weighted by Gasteiger charge is -2.37. The molecule has 3 aromatic carbocycles. The maximum absolute atomic E-state index is 14.2. The van der Waals surface area contributed by atoms with Gasteiger partial charge in [-0.2, -0.15) is 0 Å². The SMILES string of the molecule is CCOc1cc(C(=S)N2CCN(c3ccccc3F)CC2)ccc1OCC(=O)NCc1ccccc1. The van der Waals surface area contributed by atoms with Crippen LogP contribution in [-0.2, 0) is 11.3 Å². The maximum atomic E-state index is 14.2. The summed E-state index contributed by atoms with van der Waals surface area (Å²) in [6.45, 7) is 5.41. The van der Waals surface area contributed by atoms with Crippen molar-refractivity contribution < 1.29 is 18.7 Å². The minimum absolute atomic E-state index is 0.116. The lowest BCUT2D eigenvalue weighted by Crippen LogP contribution is -2.48. The van der Waals surface area contributed by atoms with Crippen LogP contribution >= 0.6 is 12.2 Å². The molecular weight excluding hydrogens is 477 g/mol. The highest BCUT2D eigenvalue weighted by atomic mass is 32.1. The Labute approximate surface area is 216 Å². The van der Waals surface area contributed by atoms with E-state index in [1.807, 2.05) is 60.4 Å². The summed E-state index contributed by atoms with van der Waals surface area (Å²) in [5, 5.41) is 2.85. The van der Waals surface area contributed by atoms with Crippen molar-refractivity contribution in [3.63, 3.8) is 0 Å². The summed E-state index contributed by atoms with van der Waals surface area (Å²) < 4.78 is 25.7. The molecule has 1 heterocycles. The standard InChI is InChI=1S/C28H30FN3O3S/c1-2-34-26-18-22(12-13-25(26)35-20-27(33)30-19-21-8-4-3-5-9-21)28(36)32-16-14-31(15-17-32)24-11-7-6-10-23(24)29/h3-13,18H,2,14-17,19-20H2,1H3,(H,30,33). The zero-order chi connectivity index (χ0) is 25.3. The number of ether oxygens (including phenoxy) is 2. The van der Waals surface area contributed by atoms with Gasteiger partial charge in [0, 0.05) is 38.3 Å². The van der Waals surface area contributed by atoms with E-state index in [4.69, 9.17) is 21.7 Å². The van der Waals surface area contributed by atoms with Gasteiger partial charge in [0.05, 0.1) is 12.3 Å². The summed E-state index contributed by atoms with van der Waals surface area (Å²) in [5.74, 6) is 0.605. The van der Waals surface area contributed by atoms with Crippen LogP contribution in [0.5, 0.6) is 11.5 Å². The number of amides is 1. The topological polar surface area (TPSA) is 54.0 Å². The Hall–Kier alpha value is -3.65. The molecular formula is C28H30FN3O3S. The average Bonchev–Trinajstić information content (AvgIpc) is 2.92. The third-order valence-corrected chi connectivity index (χ3v) is 6.44. The number of para-hydroxylation sites is 1. The molecule has 1 saturated heterocycles. The summed E-state index contributed by atoms with van der Waals surface area (Å²) in [6.07, 6.45) is 0. The monoisotopic (exact) mass is 507 g/mol.